The monoisotopic (exact) mass is 446 g/mol. The second kappa shape index (κ2) is 11.5. The predicted molar refractivity (Wildman–Crippen MR) is 126 cm³/mol. The molecule has 2 amide bonds. The molecule has 0 heterocycles. The standard InChI is InChI=1S/C26H26N2O5/c1-19-9-8-12-21(17-19)32-16-15-27-24(29)18-33-26(31)23-14-7-6-13-22(23)25(30)28(2)20-10-4-3-5-11-20/h3-14,17H,15-16,18H2,1-2H3,(H,27,29). The first-order valence-corrected chi connectivity index (χ1v) is 10.5. The topological polar surface area (TPSA) is 84.9 Å². The van der Waals surface area contributed by atoms with E-state index in [1.807, 2.05) is 49.4 Å². The maximum absolute atomic E-state index is 12.9. The Kier molecular flexibility index (Phi) is 8.18. The fourth-order valence-corrected chi connectivity index (χ4v) is 3.12. The molecule has 0 fully saturated rings. The van der Waals surface area contributed by atoms with Gasteiger partial charge in [0, 0.05) is 12.7 Å². The van der Waals surface area contributed by atoms with E-state index >= 15 is 0 Å². The van der Waals surface area contributed by atoms with Gasteiger partial charge in [-0.1, -0.05) is 42.5 Å². The van der Waals surface area contributed by atoms with Crippen LogP contribution in [0.1, 0.15) is 26.3 Å². The molecular formula is C26H26N2O5. The Hall–Kier alpha value is -4.13. The van der Waals surface area contributed by atoms with E-state index in [2.05, 4.69) is 5.32 Å². The smallest absolute Gasteiger partial charge is 0.339 e. The Morgan fingerprint density at radius 3 is 2.30 bits per heavy atom. The van der Waals surface area contributed by atoms with E-state index in [0.717, 1.165) is 11.3 Å². The van der Waals surface area contributed by atoms with Gasteiger partial charge in [0.2, 0.25) is 0 Å². The predicted octanol–water partition coefficient (Wildman–Crippen LogP) is 3.62. The molecule has 0 unspecified atom stereocenters. The lowest BCUT2D eigenvalue weighted by molar-refractivity contribution is -0.124. The Morgan fingerprint density at radius 1 is 0.879 bits per heavy atom. The quantitative estimate of drug-likeness (QED) is 0.401. The number of para-hydroxylation sites is 1. The van der Waals surface area contributed by atoms with Crippen molar-refractivity contribution < 1.29 is 23.9 Å². The van der Waals surface area contributed by atoms with Crippen molar-refractivity contribution in [2.24, 2.45) is 0 Å². The van der Waals surface area contributed by atoms with Crippen LogP contribution in [-0.4, -0.2) is 44.6 Å². The number of nitrogens with one attached hydrogen (secondary N) is 1. The Labute approximate surface area is 192 Å². The number of hydrogen-bond acceptors (Lipinski definition) is 5. The molecule has 3 aromatic carbocycles. The van der Waals surface area contributed by atoms with Crippen molar-refractivity contribution in [3.63, 3.8) is 0 Å². The fraction of sp³-hybridized carbons (Fsp3) is 0.192. The average molecular weight is 447 g/mol. The van der Waals surface area contributed by atoms with Crippen LogP contribution in [0.4, 0.5) is 5.69 Å². The van der Waals surface area contributed by atoms with Gasteiger partial charge >= 0.3 is 5.97 Å². The first-order chi connectivity index (χ1) is 16.0. The molecule has 0 aliphatic heterocycles. The molecule has 3 aromatic rings. The van der Waals surface area contributed by atoms with E-state index in [1.165, 1.54) is 11.0 Å². The van der Waals surface area contributed by atoms with Crippen LogP contribution in [0.2, 0.25) is 0 Å². The van der Waals surface area contributed by atoms with Gasteiger partial charge in [-0.3, -0.25) is 9.59 Å². The molecule has 0 aliphatic carbocycles. The highest BCUT2D eigenvalue weighted by molar-refractivity contribution is 6.12. The van der Waals surface area contributed by atoms with Gasteiger partial charge in [0.05, 0.1) is 17.7 Å². The number of ether oxygens (including phenoxy) is 2. The lowest BCUT2D eigenvalue weighted by atomic mass is 10.1. The van der Waals surface area contributed by atoms with Gasteiger partial charge in [0.15, 0.2) is 6.61 Å². The van der Waals surface area contributed by atoms with Crippen molar-refractivity contribution in [1.29, 1.82) is 0 Å². The van der Waals surface area contributed by atoms with Gasteiger partial charge in [-0.25, -0.2) is 4.79 Å². The van der Waals surface area contributed by atoms with Gasteiger partial charge in [-0.2, -0.15) is 0 Å². The summed E-state index contributed by atoms with van der Waals surface area (Å²) in [7, 11) is 1.63. The third-order valence-electron chi connectivity index (χ3n) is 4.84. The van der Waals surface area contributed by atoms with Crippen LogP contribution < -0.4 is 15.0 Å². The zero-order valence-corrected chi connectivity index (χ0v) is 18.6. The second-order valence-electron chi connectivity index (χ2n) is 7.34. The van der Waals surface area contributed by atoms with E-state index in [1.54, 1.807) is 37.4 Å². The summed E-state index contributed by atoms with van der Waals surface area (Å²) in [4.78, 5) is 39.0. The van der Waals surface area contributed by atoms with Gasteiger partial charge in [-0.05, 0) is 48.9 Å². The molecule has 0 radical (unpaired) electrons. The summed E-state index contributed by atoms with van der Waals surface area (Å²) in [5, 5.41) is 2.64. The summed E-state index contributed by atoms with van der Waals surface area (Å²) < 4.78 is 10.7. The molecule has 0 spiro atoms. The summed E-state index contributed by atoms with van der Waals surface area (Å²) in [5.74, 6) is -0.836. The second-order valence-corrected chi connectivity index (χ2v) is 7.34. The normalized spacial score (nSPS) is 10.2. The van der Waals surface area contributed by atoms with E-state index in [9.17, 15) is 14.4 Å². The molecule has 0 saturated carbocycles. The number of carbonyl (C=O) groups is 3. The van der Waals surface area contributed by atoms with Crippen molar-refractivity contribution >= 4 is 23.5 Å². The summed E-state index contributed by atoms with van der Waals surface area (Å²) >= 11 is 0. The Morgan fingerprint density at radius 2 is 1.58 bits per heavy atom. The summed E-state index contributed by atoms with van der Waals surface area (Å²) in [6.07, 6.45) is 0. The zero-order chi connectivity index (χ0) is 23.6. The van der Waals surface area contributed by atoms with Crippen LogP contribution in [0.3, 0.4) is 0 Å². The molecule has 0 aromatic heterocycles. The Balaban J connectivity index is 1.51. The molecule has 0 saturated heterocycles. The van der Waals surface area contributed by atoms with Crippen LogP contribution in [-0.2, 0) is 9.53 Å². The number of rotatable bonds is 9. The summed E-state index contributed by atoms with van der Waals surface area (Å²) in [5.41, 5.74) is 2.07. The molecule has 170 valence electrons. The molecule has 3 rings (SSSR count). The molecular weight excluding hydrogens is 420 g/mol. The molecule has 0 aliphatic rings. The highest BCUT2D eigenvalue weighted by Crippen LogP contribution is 2.18. The van der Waals surface area contributed by atoms with Crippen LogP contribution in [0.5, 0.6) is 5.75 Å². The minimum atomic E-state index is -0.744. The number of nitrogens with zero attached hydrogens (tertiary/aromatic N) is 1. The highest BCUT2D eigenvalue weighted by Gasteiger charge is 2.22. The Bertz CT molecular complexity index is 1110. The number of aryl methyl sites for hydroxylation is 1. The van der Waals surface area contributed by atoms with Crippen molar-refractivity contribution in [3.8, 4) is 5.75 Å². The number of amides is 2. The number of esters is 1. The lowest BCUT2D eigenvalue weighted by Crippen LogP contribution is -2.32. The van der Waals surface area contributed by atoms with Crippen LogP contribution in [0.15, 0.2) is 78.9 Å². The summed E-state index contributed by atoms with van der Waals surface area (Å²) in [6.45, 7) is 2.06. The number of hydrogen-bond donors (Lipinski definition) is 1. The largest absolute Gasteiger partial charge is 0.492 e. The molecule has 0 bridgehead atoms. The maximum atomic E-state index is 12.9. The van der Waals surface area contributed by atoms with Gasteiger partial charge in [0.25, 0.3) is 11.8 Å². The van der Waals surface area contributed by atoms with Gasteiger partial charge in [0.1, 0.15) is 12.4 Å². The first kappa shape index (κ1) is 23.5. The van der Waals surface area contributed by atoms with E-state index in [0.29, 0.717) is 5.69 Å². The van der Waals surface area contributed by atoms with Gasteiger partial charge in [-0.15, -0.1) is 0 Å². The fourth-order valence-electron chi connectivity index (χ4n) is 3.12. The lowest BCUT2D eigenvalue weighted by Gasteiger charge is -2.18. The van der Waals surface area contributed by atoms with Crippen molar-refractivity contribution in [2.45, 2.75) is 6.92 Å². The zero-order valence-electron chi connectivity index (χ0n) is 18.6. The van der Waals surface area contributed by atoms with Crippen LogP contribution in [0.25, 0.3) is 0 Å². The summed E-state index contributed by atoms with van der Waals surface area (Å²) in [6, 6.07) is 23.1. The molecule has 7 nitrogen and oxygen atoms in total. The number of carbonyl (C=O) groups excluding carboxylic acids is 3. The maximum Gasteiger partial charge on any atom is 0.339 e. The SMILES string of the molecule is Cc1cccc(OCCNC(=O)COC(=O)c2ccccc2C(=O)N(C)c2ccccc2)c1. The third kappa shape index (κ3) is 6.67. The minimum Gasteiger partial charge on any atom is -0.492 e. The van der Waals surface area contributed by atoms with Crippen molar-refractivity contribution in [2.75, 3.05) is 31.7 Å². The first-order valence-electron chi connectivity index (χ1n) is 10.5. The average Bonchev–Trinajstić information content (AvgIpc) is 2.85. The van der Waals surface area contributed by atoms with E-state index in [-0.39, 0.29) is 30.2 Å². The molecule has 1 N–H and O–H groups in total. The van der Waals surface area contributed by atoms with Crippen LogP contribution >= 0.6 is 0 Å². The van der Waals surface area contributed by atoms with E-state index in [4.69, 9.17) is 9.47 Å². The van der Waals surface area contributed by atoms with Crippen LogP contribution in [0, 0.1) is 6.92 Å². The third-order valence-corrected chi connectivity index (χ3v) is 4.84. The number of benzene rings is 3. The number of anilines is 1. The van der Waals surface area contributed by atoms with Crippen molar-refractivity contribution in [3.05, 3.63) is 95.6 Å². The van der Waals surface area contributed by atoms with Gasteiger partial charge < -0.3 is 19.7 Å². The van der Waals surface area contributed by atoms with E-state index < -0.39 is 18.5 Å². The molecule has 0 atom stereocenters. The molecule has 7 heteroatoms. The minimum absolute atomic E-state index is 0.0980. The molecule has 33 heavy (non-hydrogen) atoms. The van der Waals surface area contributed by atoms with Crippen molar-refractivity contribution in [1.82, 2.24) is 5.32 Å². The highest BCUT2D eigenvalue weighted by atomic mass is 16.5.